The van der Waals surface area contributed by atoms with Crippen molar-refractivity contribution >= 4 is 17.8 Å². The first-order chi connectivity index (χ1) is 8.66. The molecule has 0 amide bonds. The zero-order chi connectivity index (χ0) is 13.6. The molecule has 0 heterocycles. The minimum atomic E-state index is -0.803. The first-order valence-electron chi connectivity index (χ1n) is 5.66. The quantitative estimate of drug-likeness (QED) is 0.326. The van der Waals surface area contributed by atoms with Gasteiger partial charge in [-0.1, -0.05) is 11.6 Å². The molecular formula is C11H20ClO6. The van der Waals surface area contributed by atoms with E-state index in [2.05, 4.69) is 16.4 Å². The van der Waals surface area contributed by atoms with E-state index in [-0.39, 0.29) is 13.2 Å². The second-order valence-corrected chi connectivity index (χ2v) is 3.71. The Kier molecular flexibility index (Phi) is 12.5. The second kappa shape index (κ2) is 12.9. The summed E-state index contributed by atoms with van der Waals surface area (Å²) in [6, 6.07) is 0. The van der Waals surface area contributed by atoms with Crippen molar-refractivity contribution in [2.75, 3.05) is 46.2 Å². The lowest BCUT2D eigenvalue weighted by Crippen LogP contribution is -2.16. The minimum absolute atomic E-state index is 0.118. The molecule has 1 unspecified atom stereocenters. The monoisotopic (exact) mass is 283 g/mol. The number of halogens is 1. The van der Waals surface area contributed by atoms with Gasteiger partial charge in [0.1, 0.15) is 6.61 Å². The van der Waals surface area contributed by atoms with Gasteiger partial charge in [-0.15, -0.1) is 0 Å². The summed E-state index contributed by atoms with van der Waals surface area (Å²) in [6.45, 7) is 7.80. The van der Waals surface area contributed by atoms with Gasteiger partial charge in [-0.05, 0) is 13.8 Å². The van der Waals surface area contributed by atoms with Gasteiger partial charge in [0.05, 0.1) is 33.0 Å². The van der Waals surface area contributed by atoms with Gasteiger partial charge in [0, 0.05) is 6.61 Å². The van der Waals surface area contributed by atoms with Crippen LogP contribution in [0.4, 0.5) is 4.79 Å². The van der Waals surface area contributed by atoms with Gasteiger partial charge in [0.15, 0.2) is 5.56 Å². The fraction of sp³-hybridized carbons (Fsp3) is 0.818. The molecule has 0 aromatic carbocycles. The van der Waals surface area contributed by atoms with Crippen molar-refractivity contribution in [3.05, 3.63) is 6.92 Å². The number of rotatable bonds is 11. The van der Waals surface area contributed by atoms with Crippen LogP contribution in [-0.2, 0) is 23.7 Å². The molecule has 1 atom stereocenters. The maximum Gasteiger partial charge on any atom is 0.509 e. The molecule has 0 saturated carbocycles. The number of carbonyl (C=O) groups is 1. The standard InChI is InChI=1S/C11H20ClO6/c1-3-14-4-5-15-6-7-16-8-9-17-11(13)18-10(2)12/h10H,1,3-9H2,2H3. The Morgan fingerprint density at radius 3 is 2.06 bits per heavy atom. The van der Waals surface area contributed by atoms with E-state index in [4.69, 9.17) is 25.8 Å². The summed E-state index contributed by atoms with van der Waals surface area (Å²) < 4.78 is 24.5. The lowest BCUT2D eigenvalue weighted by atomic mass is 10.7. The fourth-order valence-electron chi connectivity index (χ4n) is 0.892. The average molecular weight is 284 g/mol. The summed E-state index contributed by atoms with van der Waals surface area (Å²) in [7, 11) is 0. The van der Waals surface area contributed by atoms with Crippen molar-refractivity contribution in [2.45, 2.75) is 12.5 Å². The summed E-state index contributed by atoms with van der Waals surface area (Å²) >= 11 is 5.42. The highest BCUT2D eigenvalue weighted by Gasteiger charge is 2.06. The lowest BCUT2D eigenvalue weighted by Gasteiger charge is -2.08. The molecule has 18 heavy (non-hydrogen) atoms. The predicted octanol–water partition coefficient (Wildman–Crippen LogP) is 1.61. The maximum atomic E-state index is 10.9. The van der Waals surface area contributed by atoms with Gasteiger partial charge in [-0.2, -0.15) is 0 Å². The van der Waals surface area contributed by atoms with Crippen LogP contribution in [0.3, 0.4) is 0 Å². The molecule has 0 aliphatic carbocycles. The molecule has 0 aliphatic heterocycles. The third-order valence-electron chi connectivity index (χ3n) is 1.59. The maximum absolute atomic E-state index is 10.9. The highest BCUT2D eigenvalue weighted by Crippen LogP contribution is 1.98. The van der Waals surface area contributed by atoms with E-state index < -0.39 is 11.7 Å². The van der Waals surface area contributed by atoms with Crippen LogP contribution in [0.5, 0.6) is 0 Å². The molecule has 0 aliphatic rings. The van der Waals surface area contributed by atoms with Gasteiger partial charge < -0.3 is 23.7 Å². The summed E-state index contributed by atoms with van der Waals surface area (Å²) in [5.74, 6) is 0. The molecule has 107 valence electrons. The molecule has 0 rings (SSSR count). The summed E-state index contributed by atoms with van der Waals surface area (Å²) in [4.78, 5) is 10.9. The van der Waals surface area contributed by atoms with Crippen molar-refractivity contribution in [2.24, 2.45) is 0 Å². The number of alkyl halides is 1. The van der Waals surface area contributed by atoms with E-state index in [0.29, 0.717) is 33.0 Å². The Balaban J connectivity index is 3.09. The molecule has 0 saturated heterocycles. The van der Waals surface area contributed by atoms with Crippen LogP contribution in [0.15, 0.2) is 0 Å². The second-order valence-electron chi connectivity index (χ2n) is 3.10. The molecule has 0 spiro atoms. The van der Waals surface area contributed by atoms with Gasteiger partial charge >= 0.3 is 6.16 Å². The van der Waals surface area contributed by atoms with Crippen LogP contribution in [-0.4, -0.2) is 58.0 Å². The van der Waals surface area contributed by atoms with Crippen LogP contribution in [0.25, 0.3) is 0 Å². The van der Waals surface area contributed by atoms with E-state index in [1.807, 2.05) is 0 Å². The fourth-order valence-corrected chi connectivity index (χ4v) is 0.965. The van der Waals surface area contributed by atoms with Crippen molar-refractivity contribution in [3.8, 4) is 0 Å². The number of hydrogen-bond donors (Lipinski definition) is 0. The van der Waals surface area contributed by atoms with Crippen molar-refractivity contribution < 1.29 is 28.5 Å². The molecular weight excluding hydrogens is 264 g/mol. The zero-order valence-electron chi connectivity index (χ0n) is 10.6. The van der Waals surface area contributed by atoms with E-state index in [1.54, 1.807) is 0 Å². The van der Waals surface area contributed by atoms with Crippen molar-refractivity contribution in [3.63, 3.8) is 0 Å². The predicted molar refractivity (Wildman–Crippen MR) is 65.6 cm³/mol. The van der Waals surface area contributed by atoms with Crippen LogP contribution >= 0.6 is 11.6 Å². The van der Waals surface area contributed by atoms with E-state index >= 15 is 0 Å². The first-order valence-corrected chi connectivity index (χ1v) is 6.10. The normalized spacial score (nSPS) is 12.2. The number of ether oxygens (including phenoxy) is 5. The van der Waals surface area contributed by atoms with E-state index in [0.717, 1.165) is 0 Å². The molecule has 0 N–H and O–H groups in total. The minimum Gasteiger partial charge on any atom is -0.432 e. The van der Waals surface area contributed by atoms with Gasteiger partial charge in [0.25, 0.3) is 0 Å². The molecule has 6 nitrogen and oxygen atoms in total. The molecule has 0 bridgehead atoms. The molecule has 1 radical (unpaired) electrons. The highest BCUT2D eigenvalue weighted by atomic mass is 35.5. The van der Waals surface area contributed by atoms with Crippen LogP contribution in [0.2, 0.25) is 0 Å². The zero-order valence-corrected chi connectivity index (χ0v) is 11.3. The Morgan fingerprint density at radius 2 is 1.56 bits per heavy atom. The third kappa shape index (κ3) is 13.5. The van der Waals surface area contributed by atoms with Gasteiger partial charge in [-0.25, -0.2) is 4.79 Å². The third-order valence-corrected chi connectivity index (χ3v) is 1.68. The average Bonchev–Trinajstić information content (AvgIpc) is 2.30. The van der Waals surface area contributed by atoms with Gasteiger partial charge in [-0.3, -0.25) is 0 Å². The lowest BCUT2D eigenvalue weighted by molar-refractivity contribution is -0.00238. The highest BCUT2D eigenvalue weighted by molar-refractivity contribution is 6.19. The molecule has 0 aromatic heterocycles. The summed E-state index contributed by atoms with van der Waals surface area (Å²) in [5, 5.41) is 0. The van der Waals surface area contributed by atoms with E-state index in [1.165, 1.54) is 6.92 Å². The van der Waals surface area contributed by atoms with Crippen molar-refractivity contribution in [1.82, 2.24) is 0 Å². The van der Waals surface area contributed by atoms with Gasteiger partial charge in [0.2, 0.25) is 0 Å². The first kappa shape index (κ1) is 17.4. The topological polar surface area (TPSA) is 63.2 Å². The van der Waals surface area contributed by atoms with Crippen LogP contribution in [0.1, 0.15) is 6.92 Å². The summed E-state index contributed by atoms with van der Waals surface area (Å²) in [5.41, 5.74) is -0.702. The molecule has 0 fully saturated rings. The van der Waals surface area contributed by atoms with Crippen molar-refractivity contribution in [1.29, 1.82) is 0 Å². The Labute approximate surface area is 112 Å². The smallest absolute Gasteiger partial charge is 0.432 e. The Bertz CT molecular complexity index is 200. The molecule has 7 heteroatoms. The number of hydrogen-bond acceptors (Lipinski definition) is 6. The SMILES string of the molecule is [CH2]COCCOCCOCCOC(=O)OC(C)Cl. The Hall–Kier alpha value is -0.560. The van der Waals surface area contributed by atoms with Crippen LogP contribution in [0, 0.1) is 6.92 Å². The largest absolute Gasteiger partial charge is 0.509 e. The molecule has 0 aromatic rings. The van der Waals surface area contributed by atoms with E-state index in [9.17, 15) is 4.79 Å². The summed E-state index contributed by atoms with van der Waals surface area (Å²) in [6.07, 6.45) is -0.803. The van der Waals surface area contributed by atoms with Crippen LogP contribution < -0.4 is 0 Å². The Morgan fingerprint density at radius 1 is 1.06 bits per heavy atom. The number of carbonyl (C=O) groups excluding carboxylic acids is 1.